The maximum Gasteiger partial charge on any atom is 0.308 e. The second-order valence-electron chi connectivity index (χ2n) is 7.30. The molecule has 0 bridgehead atoms. The Balaban J connectivity index is 1.58. The molecule has 3 rings (SSSR count). The van der Waals surface area contributed by atoms with Crippen LogP contribution in [-0.2, 0) is 20.8 Å². The van der Waals surface area contributed by atoms with Gasteiger partial charge >= 0.3 is 5.97 Å². The number of amides is 2. The molecule has 2 heterocycles. The van der Waals surface area contributed by atoms with E-state index in [0.717, 1.165) is 24.8 Å². The predicted octanol–water partition coefficient (Wildman–Crippen LogP) is 1.79. The fourth-order valence-corrected chi connectivity index (χ4v) is 3.92. The number of carbonyl (C=O) groups excluding carboxylic acids is 2. The van der Waals surface area contributed by atoms with Crippen molar-refractivity contribution in [3.05, 3.63) is 35.9 Å². The van der Waals surface area contributed by atoms with Crippen LogP contribution in [-0.4, -0.2) is 58.9 Å². The number of piperidine rings is 2. The summed E-state index contributed by atoms with van der Waals surface area (Å²) in [7, 11) is 0. The molecule has 1 unspecified atom stereocenters. The zero-order chi connectivity index (χ0) is 18.5. The highest BCUT2D eigenvalue weighted by Crippen LogP contribution is 2.24. The van der Waals surface area contributed by atoms with Gasteiger partial charge in [0.25, 0.3) is 0 Å². The van der Waals surface area contributed by atoms with E-state index in [1.54, 1.807) is 9.80 Å². The maximum absolute atomic E-state index is 12.8. The first-order valence-electron chi connectivity index (χ1n) is 9.38. The van der Waals surface area contributed by atoms with Crippen molar-refractivity contribution in [1.29, 1.82) is 0 Å². The molecule has 6 nitrogen and oxygen atoms in total. The van der Waals surface area contributed by atoms with Crippen LogP contribution in [0.3, 0.4) is 0 Å². The van der Waals surface area contributed by atoms with Crippen molar-refractivity contribution in [3.8, 4) is 0 Å². The summed E-state index contributed by atoms with van der Waals surface area (Å²) in [6.07, 6.45) is 3.29. The summed E-state index contributed by atoms with van der Waals surface area (Å²) >= 11 is 0. The molecular formula is C20H26N2O4. The Morgan fingerprint density at radius 2 is 1.54 bits per heavy atom. The summed E-state index contributed by atoms with van der Waals surface area (Å²) in [4.78, 5) is 40.1. The molecule has 0 aliphatic carbocycles. The number of carboxylic acids is 1. The highest BCUT2D eigenvalue weighted by Gasteiger charge is 2.34. The first kappa shape index (κ1) is 18.4. The number of benzene rings is 1. The van der Waals surface area contributed by atoms with Gasteiger partial charge in [0, 0.05) is 26.2 Å². The molecule has 0 saturated carbocycles. The Labute approximate surface area is 153 Å². The van der Waals surface area contributed by atoms with E-state index in [4.69, 9.17) is 0 Å². The Bertz CT molecular complexity index is 661. The first-order chi connectivity index (χ1) is 12.5. The number of hydrogen-bond donors (Lipinski definition) is 1. The van der Waals surface area contributed by atoms with Crippen molar-refractivity contribution in [3.63, 3.8) is 0 Å². The van der Waals surface area contributed by atoms with Gasteiger partial charge in [-0.1, -0.05) is 30.3 Å². The number of rotatable bonds is 4. The van der Waals surface area contributed by atoms with E-state index in [1.165, 1.54) is 0 Å². The average Bonchev–Trinajstić information content (AvgIpc) is 2.68. The quantitative estimate of drug-likeness (QED) is 0.890. The molecule has 2 saturated heterocycles. The van der Waals surface area contributed by atoms with Gasteiger partial charge in [-0.2, -0.15) is 0 Å². The molecule has 2 atom stereocenters. The highest BCUT2D eigenvalue weighted by atomic mass is 16.4. The van der Waals surface area contributed by atoms with Gasteiger partial charge < -0.3 is 14.9 Å². The second kappa shape index (κ2) is 8.34. The van der Waals surface area contributed by atoms with Crippen LogP contribution >= 0.6 is 0 Å². The molecule has 0 aromatic heterocycles. The van der Waals surface area contributed by atoms with Crippen molar-refractivity contribution >= 4 is 17.8 Å². The number of carboxylic acid groups (broad SMARTS) is 1. The number of aliphatic carboxylic acids is 1. The summed E-state index contributed by atoms with van der Waals surface area (Å²) in [6, 6.07) is 9.63. The minimum atomic E-state index is -0.828. The lowest BCUT2D eigenvalue weighted by Gasteiger charge is -2.37. The zero-order valence-corrected chi connectivity index (χ0v) is 15.0. The van der Waals surface area contributed by atoms with Crippen LogP contribution in [0.1, 0.15) is 31.2 Å². The Kier molecular flexibility index (Phi) is 5.91. The number of likely N-dealkylation sites (tertiary alicyclic amines) is 2. The lowest BCUT2D eigenvalue weighted by Crippen LogP contribution is -2.50. The van der Waals surface area contributed by atoms with Crippen molar-refractivity contribution in [2.24, 2.45) is 11.8 Å². The molecular weight excluding hydrogens is 332 g/mol. The monoisotopic (exact) mass is 358 g/mol. The third-order valence-corrected chi connectivity index (χ3v) is 5.40. The van der Waals surface area contributed by atoms with Gasteiger partial charge in [-0.25, -0.2) is 0 Å². The molecule has 0 spiro atoms. The fourth-order valence-electron chi connectivity index (χ4n) is 3.92. The van der Waals surface area contributed by atoms with Gasteiger partial charge in [-0.3, -0.25) is 14.4 Å². The molecule has 1 aromatic carbocycles. The highest BCUT2D eigenvalue weighted by molar-refractivity contribution is 5.83. The fraction of sp³-hybridized carbons (Fsp3) is 0.550. The van der Waals surface area contributed by atoms with Gasteiger partial charge in [0.05, 0.1) is 18.3 Å². The normalized spacial score (nSPS) is 23.5. The molecule has 2 fully saturated rings. The Morgan fingerprint density at radius 3 is 2.23 bits per heavy atom. The smallest absolute Gasteiger partial charge is 0.308 e. The number of hydrogen-bond acceptors (Lipinski definition) is 3. The average molecular weight is 358 g/mol. The summed E-state index contributed by atoms with van der Waals surface area (Å²) in [5, 5.41) is 9.21. The van der Waals surface area contributed by atoms with E-state index in [-0.39, 0.29) is 17.7 Å². The van der Waals surface area contributed by atoms with E-state index in [9.17, 15) is 19.5 Å². The summed E-state index contributed by atoms with van der Waals surface area (Å²) in [5.41, 5.74) is 0.978. The molecule has 2 aliphatic heterocycles. The van der Waals surface area contributed by atoms with Crippen LogP contribution in [0.4, 0.5) is 0 Å². The third-order valence-electron chi connectivity index (χ3n) is 5.40. The van der Waals surface area contributed by atoms with E-state index in [0.29, 0.717) is 39.0 Å². The van der Waals surface area contributed by atoms with Crippen molar-refractivity contribution in [2.45, 2.75) is 32.1 Å². The predicted molar refractivity (Wildman–Crippen MR) is 96.4 cm³/mol. The molecule has 2 amide bonds. The van der Waals surface area contributed by atoms with E-state index in [2.05, 4.69) is 0 Å². The van der Waals surface area contributed by atoms with Crippen molar-refractivity contribution in [2.75, 3.05) is 26.2 Å². The van der Waals surface area contributed by atoms with Crippen LogP contribution in [0.25, 0.3) is 0 Å². The number of nitrogens with zero attached hydrogens (tertiary/aromatic N) is 2. The molecule has 0 radical (unpaired) electrons. The van der Waals surface area contributed by atoms with Crippen molar-refractivity contribution < 1.29 is 19.5 Å². The molecule has 1 N–H and O–H groups in total. The Morgan fingerprint density at radius 1 is 0.923 bits per heavy atom. The summed E-state index contributed by atoms with van der Waals surface area (Å²) < 4.78 is 0. The number of carbonyl (C=O) groups is 3. The van der Waals surface area contributed by atoms with Gasteiger partial charge in [-0.15, -0.1) is 0 Å². The van der Waals surface area contributed by atoms with Crippen LogP contribution in [0.5, 0.6) is 0 Å². The van der Waals surface area contributed by atoms with E-state index < -0.39 is 11.9 Å². The van der Waals surface area contributed by atoms with Crippen LogP contribution in [0.2, 0.25) is 0 Å². The van der Waals surface area contributed by atoms with Crippen LogP contribution < -0.4 is 0 Å². The maximum atomic E-state index is 12.8. The lowest BCUT2D eigenvalue weighted by molar-refractivity contribution is -0.147. The summed E-state index contributed by atoms with van der Waals surface area (Å²) in [5.74, 6) is -1.45. The van der Waals surface area contributed by atoms with Gasteiger partial charge in [-0.05, 0) is 31.2 Å². The van der Waals surface area contributed by atoms with E-state index >= 15 is 0 Å². The minimum absolute atomic E-state index is 0.00756. The molecule has 140 valence electrons. The van der Waals surface area contributed by atoms with E-state index in [1.807, 2.05) is 30.3 Å². The molecule has 2 aliphatic rings. The lowest BCUT2D eigenvalue weighted by atomic mass is 9.93. The SMILES string of the molecule is O=C(O)[C@H]1CCCN(C(=O)C2CCCN(C(=O)Cc3ccccc3)C2)C1. The topological polar surface area (TPSA) is 77.9 Å². The standard InChI is InChI=1S/C20H26N2O4/c23-18(12-15-6-2-1-3-7-15)21-10-4-8-16(13-21)19(24)22-11-5-9-17(14-22)20(25)26/h1-3,6-7,16-17H,4-5,8-14H2,(H,25,26)/t16?,17-/m0/s1. The van der Waals surface area contributed by atoms with Gasteiger partial charge in [0.2, 0.25) is 11.8 Å². The Hall–Kier alpha value is -2.37. The van der Waals surface area contributed by atoms with Crippen molar-refractivity contribution in [1.82, 2.24) is 9.80 Å². The van der Waals surface area contributed by atoms with Gasteiger partial charge in [0.15, 0.2) is 0 Å². The third kappa shape index (κ3) is 4.42. The minimum Gasteiger partial charge on any atom is -0.481 e. The first-order valence-corrected chi connectivity index (χ1v) is 9.38. The van der Waals surface area contributed by atoms with Gasteiger partial charge in [0.1, 0.15) is 0 Å². The molecule has 26 heavy (non-hydrogen) atoms. The zero-order valence-electron chi connectivity index (χ0n) is 15.0. The second-order valence-corrected chi connectivity index (χ2v) is 7.30. The summed E-state index contributed by atoms with van der Waals surface area (Å²) in [6.45, 7) is 2.05. The molecule has 6 heteroatoms. The van der Waals surface area contributed by atoms with Crippen LogP contribution in [0.15, 0.2) is 30.3 Å². The largest absolute Gasteiger partial charge is 0.481 e. The molecule has 1 aromatic rings. The van der Waals surface area contributed by atoms with Crippen LogP contribution in [0, 0.1) is 11.8 Å².